The molecule has 0 fully saturated rings. The van der Waals surface area contributed by atoms with Gasteiger partial charge < -0.3 is 9.72 Å². The molecule has 0 atom stereocenters. The van der Waals surface area contributed by atoms with Crippen LogP contribution in [0.4, 0.5) is 0 Å². The van der Waals surface area contributed by atoms with E-state index >= 15 is 0 Å². The van der Waals surface area contributed by atoms with Gasteiger partial charge in [0.25, 0.3) is 5.56 Å². The van der Waals surface area contributed by atoms with Crippen molar-refractivity contribution in [3.63, 3.8) is 0 Å². The molecule has 1 aromatic heterocycles. The average Bonchev–Trinajstić information content (AvgIpc) is 2.33. The van der Waals surface area contributed by atoms with Crippen molar-refractivity contribution < 1.29 is 4.74 Å². The van der Waals surface area contributed by atoms with E-state index in [1.54, 1.807) is 0 Å². The molecule has 0 aliphatic carbocycles. The first kappa shape index (κ1) is 14.0. The van der Waals surface area contributed by atoms with Crippen molar-refractivity contribution in [1.29, 1.82) is 0 Å². The Morgan fingerprint density at radius 1 is 1.29 bits per heavy atom. The minimum atomic E-state index is -0.361. The molecule has 0 bridgehead atoms. The fourth-order valence-corrected chi connectivity index (χ4v) is 1.68. The van der Waals surface area contributed by atoms with Crippen LogP contribution < -0.4 is 10.3 Å². The molecule has 1 heterocycles. The van der Waals surface area contributed by atoms with Crippen LogP contribution in [0.3, 0.4) is 0 Å². The third kappa shape index (κ3) is 5.22. The van der Waals surface area contributed by atoms with Gasteiger partial charge in [0.15, 0.2) is 5.02 Å². The fourth-order valence-electron chi connectivity index (χ4n) is 1.52. The molecule has 4 nitrogen and oxygen atoms in total. The zero-order valence-electron chi connectivity index (χ0n) is 10.2. The van der Waals surface area contributed by atoms with Crippen LogP contribution in [0.15, 0.2) is 11.1 Å². The number of hydrogen-bond donors (Lipinski definition) is 1. The lowest BCUT2D eigenvalue weighted by Gasteiger charge is -2.05. The summed E-state index contributed by atoms with van der Waals surface area (Å²) in [4.78, 5) is 17.4. The summed E-state index contributed by atoms with van der Waals surface area (Å²) < 4.78 is 5.36. The van der Waals surface area contributed by atoms with Gasteiger partial charge in [-0.05, 0) is 6.42 Å². The highest BCUT2D eigenvalue weighted by molar-refractivity contribution is 6.31. The Kier molecular flexibility index (Phi) is 6.70. The van der Waals surface area contributed by atoms with Gasteiger partial charge in [-0.1, -0.05) is 50.6 Å². The highest BCUT2D eigenvalue weighted by Crippen LogP contribution is 2.15. The van der Waals surface area contributed by atoms with E-state index in [9.17, 15) is 4.79 Å². The summed E-state index contributed by atoms with van der Waals surface area (Å²) in [5.41, 5.74) is -0.361. The second-order valence-electron chi connectivity index (χ2n) is 3.97. The molecule has 1 aromatic rings. The smallest absolute Gasteiger partial charge is 0.273 e. The van der Waals surface area contributed by atoms with Crippen molar-refractivity contribution in [2.45, 2.75) is 45.4 Å². The zero-order chi connectivity index (χ0) is 12.5. The number of nitrogens with one attached hydrogen (secondary N) is 1. The lowest BCUT2D eigenvalue weighted by molar-refractivity contribution is 0.292. The summed E-state index contributed by atoms with van der Waals surface area (Å²) in [5, 5.41) is 0.0264. The lowest BCUT2D eigenvalue weighted by Crippen LogP contribution is -2.10. The third-order valence-electron chi connectivity index (χ3n) is 2.50. The third-order valence-corrected chi connectivity index (χ3v) is 2.83. The molecule has 0 amide bonds. The maximum Gasteiger partial charge on any atom is 0.273 e. The quantitative estimate of drug-likeness (QED) is 0.729. The predicted octanol–water partition coefficient (Wildman–Crippen LogP) is 3.16. The van der Waals surface area contributed by atoms with Gasteiger partial charge in [-0.3, -0.25) is 4.79 Å². The molecule has 1 rings (SSSR count). The minimum absolute atomic E-state index is 0.0264. The Labute approximate surface area is 106 Å². The van der Waals surface area contributed by atoms with Crippen molar-refractivity contribution in [1.82, 2.24) is 9.97 Å². The molecule has 17 heavy (non-hydrogen) atoms. The van der Waals surface area contributed by atoms with Gasteiger partial charge in [0.05, 0.1) is 12.9 Å². The summed E-state index contributed by atoms with van der Waals surface area (Å²) in [6.07, 6.45) is 8.46. The fraction of sp³-hybridized carbons (Fsp3) is 0.667. The Morgan fingerprint density at radius 3 is 2.76 bits per heavy atom. The van der Waals surface area contributed by atoms with Crippen molar-refractivity contribution >= 4 is 11.6 Å². The number of hydrogen-bond acceptors (Lipinski definition) is 3. The number of rotatable bonds is 8. The Balaban J connectivity index is 2.18. The number of aromatic nitrogens is 2. The van der Waals surface area contributed by atoms with E-state index < -0.39 is 0 Å². The van der Waals surface area contributed by atoms with Crippen LogP contribution in [0.25, 0.3) is 0 Å². The highest BCUT2D eigenvalue weighted by atomic mass is 35.5. The average molecular weight is 259 g/mol. The molecule has 1 N–H and O–H groups in total. The van der Waals surface area contributed by atoms with E-state index in [1.165, 1.54) is 32.0 Å². The van der Waals surface area contributed by atoms with Gasteiger partial charge in [-0.25, -0.2) is 4.98 Å². The van der Waals surface area contributed by atoms with Gasteiger partial charge in [0.1, 0.15) is 0 Å². The van der Waals surface area contributed by atoms with E-state index in [-0.39, 0.29) is 16.5 Å². The molecule has 0 aromatic carbocycles. The number of halogens is 1. The van der Waals surface area contributed by atoms with Crippen LogP contribution in [0.5, 0.6) is 5.88 Å². The summed E-state index contributed by atoms with van der Waals surface area (Å²) >= 11 is 5.74. The lowest BCUT2D eigenvalue weighted by atomic mass is 10.1. The molecule has 0 saturated carbocycles. The van der Waals surface area contributed by atoms with Crippen molar-refractivity contribution in [2.24, 2.45) is 0 Å². The Hall–Kier alpha value is -1.03. The number of H-pyrrole nitrogens is 1. The summed E-state index contributed by atoms with van der Waals surface area (Å²) in [7, 11) is 0. The van der Waals surface area contributed by atoms with Crippen LogP contribution in [0, 0.1) is 0 Å². The molecule has 0 radical (unpaired) electrons. The van der Waals surface area contributed by atoms with Crippen LogP contribution in [-0.4, -0.2) is 16.6 Å². The van der Waals surface area contributed by atoms with E-state index in [2.05, 4.69) is 16.9 Å². The first-order chi connectivity index (χ1) is 8.25. The second kappa shape index (κ2) is 8.12. The highest BCUT2D eigenvalue weighted by Gasteiger charge is 2.06. The van der Waals surface area contributed by atoms with Gasteiger partial charge in [-0.15, -0.1) is 0 Å². The second-order valence-corrected chi connectivity index (χ2v) is 4.34. The van der Waals surface area contributed by atoms with Gasteiger partial charge in [0, 0.05) is 0 Å². The minimum Gasteiger partial charge on any atom is -0.476 e. The molecule has 5 heteroatoms. The molecule has 96 valence electrons. The first-order valence-corrected chi connectivity index (χ1v) is 6.49. The molecule has 0 aliphatic rings. The van der Waals surface area contributed by atoms with Crippen LogP contribution in [0.1, 0.15) is 45.4 Å². The monoisotopic (exact) mass is 258 g/mol. The topological polar surface area (TPSA) is 55.0 Å². The molecular formula is C12H19ClN2O2. The van der Waals surface area contributed by atoms with Gasteiger partial charge in [-0.2, -0.15) is 0 Å². The predicted molar refractivity (Wildman–Crippen MR) is 68.7 cm³/mol. The van der Waals surface area contributed by atoms with Crippen molar-refractivity contribution in [2.75, 3.05) is 6.61 Å². The summed E-state index contributed by atoms with van der Waals surface area (Å²) in [5.74, 6) is 0.226. The van der Waals surface area contributed by atoms with Crippen LogP contribution >= 0.6 is 11.6 Å². The van der Waals surface area contributed by atoms with Crippen LogP contribution in [0.2, 0.25) is 5.02 Å². The number of aromatic amines is 1. The van der Waals surface area contributed by atoms with Crippen molar-refractivity contribution in [3.8, 4) is 5.88 Å². The molecule has 0 spiro atoms. The standard InChI is InChI=1S/C12H19ClN2O2/c1-2-3-4-5-6-7-8-17-12-10(13)11(16)14-9-15-12/h9H,2-8H2,1H3,(H,14,15,16). The van der Waals surface area contributed by atoms with Gasteiger partial charge in [0.2, 0.25) is 5.88 Å². The summed E-state index contributed by atoms with van der Waals surface area (Å²) in [6.45, 7) is 2.76. The molecule has 0 unspecified atom stereocenters. The van der Waals surface area contributed by atoms with Crippen LogP contribution in [-0.2, 0) is 0 Å². The van der Waals surface area contributed by atoms with Crippen molar-refractivity contribution in [3.05, 3.63) is 21.7 Å². The SMILES string of the molecule is CCCCCCCCOc1nc[nH]c(=O)c1Cl. The normalized spacial score (nSPS) is 10.5. The van der Waals surface area contributed by atoms with E-state index in [1.807, 2.05) is 0 Å². The number of ether oxygens (including phenoxy) is 1. The Bertz CT molecular complexity index is 379. The number of unbranched alkanes of at least 4 members (excludes halogenated alkanes) is 5. The maximum atomic E-state index is 11.1. The molecular weight excluding hydrogens is 240 g/mol. The van der Waals surface area contributed by atoms with E-state index in [0.29, 0.717) is 6.61 Å². The maximum absolute atomic E-state index is 11.1. The molecule has 0 aliphatic heterocycles. The Morgan fingerprint density at radius 2 is 2.00 bits per heavy atom. The van der Waals surface area contributed by atoms with Gasteiger partial charge >= 0.3 is 0 Å². The molecule has 0 saturated heterocycles. The number of nitrogens with zero attached hydrogens (tertiary/aromatic N) is 1. The first-order valence-electron chi connectivity index (χ1n) is 6.11. The van der Waals surface area contributed by atoms with E-state index in [0.717, 1.165) is 12.8 Å². The summed E-state index contributed by atoms with van der Waals surface area (Å²) in [6, 6.07) is 0. The van der Waals surface area contributed by atoms with E-state index in [4.69, 9.17) is 16.3 Å². The largest absolute Gasteiger partial charge is 0.476 e. The zero-order valence-corrected chi connectivity index (χ0v) is 10.9.